The van der Waals surface area contributed by atoms with Crippen LogP contribution in [0.2, 0.25) is 5.02 Å². The number of hydrogen-bond acceptors (Lipinski definition) is 5. The molecule has 1 saturated carbocycles. The molecule has 0 aromatic heterocycles. The van der Waals surface area contributed by atoms with E-state index in [2.05, 4.69) is 13.0 Å². The standard InChI is InChI=1S/C30H38ClNO5/c1-3-18(13-19-10-11-22(33)15-25(19)31)9-12-26-27-20(16-36-2)14-23-28(24(27)17-37-26)30(35)32(29(23)34)21-7-5-4-6-8-21/h10-11,13,15,21,23-24,26,28,33H,3-9,12,14,16-17H2,1-2H3/b18-13+/t23-,24+,26-,28-/m1/s1. The molecule has 200 valence electrons. The molecular formula is C30H38ClNO5. The minimum atomic E-state index is -0.299. The Morgan fingerprint density at radius 3 is 2.68 bits per heavy atom. The normalized spacial score (nSPS) is 28.7. The van der Waals surface area contributed by atoms with Crippen LogP contribution in [0.5, 0.6) is 5.75 Å². The summed E-state index contributed by atoms with van der Waals surface area (Å²) >= 11 is 6.33. The van der Waals surface area contributed by atoms with Crippen molar-refractivity contribution < 1.29 is 24.2 Å². The van der Waals surface area contributed by atoms with Crippen LogP contribution >= 0.6 is 11.6 Å². The van der Waals surface area contributed by atoms with Crippen LogP contribution in [0.1, 0.15) is 70.3 Å². The van der Waals surface area contributed by atoms with Crippen molar-refractivity contribution in [3.63, 3.8) is 0 Å². The molecule has 0 bridgehead atoms. The third-order valence-corrected chi connectivity index (χ3v) is 9.15. The van der Waals surface area contributed by atoms with Crippen LogP contribution < -0.4 is 0 Å². The van der Waals surface area contributed by atoms with E-state index >= 15 is 0 Å². The van der Waals surface area contributed by atoms with E-state index in [-0.39, 0.29) is 47.5 Å². The number of benzene rings is 1. The number of carbonyl (C=O) groups excluding carboxylic acids is 2. The quantitative estimate of drug-likeness (QED) is 0.336. The smallest absolute Gasteiger partial charge is 0.234 e. The minimum absolute atomic E-state index is 0.0278. The number of rotatable bonds is 8. The maximum absolute atomic E-state index is 13.7. The fourth-order valence-electron chi connectivity index (χ4n) is 7.02. The zero-order valence-electron chi connectivity index (χ0n) is 21.9. The van der Waals surface area contributed by atoms with Crippen molar-refractivity contribution in [1.82, 2.24) is 4.90 Å². The van der Waals surface area contributed by atoms with Gasteiger partial charge in [0.25, 0.3) is 0 Å². The van der Waals surface area contributed by atoms with Gasteiger partial charge in [-0.3, -0.25) is 14.5 Å². The average Bonchev–Trinajstić information content (AvgIpc) is 3.42. The number of ether oxygens (including phenoxy) is 2. The molecule has 37 heavy (non-hydrogen) atoms. The summed E-state index contributed by atoms with van der Waals surface area (Å²) in [6.07, 6.45) is 10.4. The summed E-state index contributed by atoms with van der Waals surface area (Å²) in [6, 6.07) is 5.10. The summed E-state index contributed by atoms with van der Waals surface area (Å²) in [5.41, 5.74) is 4.48. The molecular weight excluding hydrogens is 490 g/mol. The maximum Gasteiger partial charge on any atom is 0.234 e. The summed E-state index contributed by atoms with van der Waals surface area (Å²) in [4.78, 5) is 28.9. The van der Waals surface area contributed by atoms with E-state index in [1.54, 1.807) is 24.1 Å². The van der Waals surface area contributed by atoms with Gasteiger partial charge >= 0.3 is 0 Å². The lowest BCUT2D eigenvalue weighted by atomic mass is 9.69. The molecule has 2 amide bonds. The summed E-state index contributed by atoms with van der Waals surface area (Å²) in [7, 11) is 1.69. The molecule has 1 aromatic carbocycles. The summed E-state index contributed by atoms with van der Waals surface area (Å²) in [6.45, 7) is 3.09. The van der Waals surface area contributed by atoms with Crippen molar-refractivity contribution in [1.29, 1.82) is 0 Å². The first kappa shape index (κ1) is 26.5. The largest absolute Gasteiger partial charge is 0.508 e. The van der Waals surface area contributed by atoms with E-state index in [0.29, 0.717) is 24.7 Å². The zero-order valence-corrected chi connectivity index (χ0v) is 22.6. The van der Waals surface area contributed by atoms with Gasteiger partial charge in [-0.15, -0.1) is 0 Å². The molecule has 1 aromatic rings. The Balaban J connectivity index is 1.35. The Morgan fingerprint density at radius 2 is 1.97 bits per heavy atom. The molecule has 2 heterocycles. The van der Waals surface area contributed by atoms with E-state index in [4.69, 9.17) is 21.1 Å². The number of methoxy groups -OCH3 is 1. The van der Waals surface area contributed by atoms with Gasteiger partial charge in [-0.2, -0.15) is 0 Å². The molecule has 4 aliphatic rings. The number of carbonyl (C=O) groups is 2. The highest BCUT2D eigenvalue weighted by molar-refractivity contribution is 6.32. The predicted octanol–water partition coefficient (Wildman–Crippen LogP) is 5.91. The first-order valence-electron chi connectivity index (χ1n) is 13.8. The van der Waals surface area contributed by atoms with Crippen LogP contribution in [-0.4, -0.2) is 54.3 Å². The van der Waals surface area contributed by atoms with Gasteiger partial charge in [0.15, 0.2) is 0 Å². The molecule has 1 N–H and O–H groups in total. The number of phenolic OH excluding ortho intramolecular Hbond substituents is 1. The Morgan fingerprint density at radius 1 is 1.19 bits per heavy atom. The molecule has 4 atom stereocenters. The number of halogens is 1. The summed E-state index contributed by atoms with van der Waals surface area (Å²) in [5.74, 6) is -0.410. The minimum Gasteiger partial charge on any atom is -0.508 e. The first-order valence-corrected chi connectivity index (χ1v) is 14.2. The molecule has 5 rings (SSSR count). The van der Waals surface area contributed by atoms with Crippen molar-refractivity contribution in [3.8, 4) is 5.75 Å². The highest BCUT2D eigenvalue weighted by atomic mass is 35.5. The third kappa shape index (κ3) is 5.13. The Kier molecular flexibility index (Phi) is 8.08. The van der Waals surface area contributed by atoms with E-state index in [0.717, 1.165) is 56.1 Å². The van der Waals surface area contributed by atoms with Crippen LogP contribution in [0.3, 0.4) is 0 Å². The second-order valence-electron chi connectivity index (χ2n) is 11.0. The number of hydrogen-bond donors (Lipinski definition) is 1. The predicted molar refractivity (Wildman–Crippen MR) is 143 cm³/mol. The Bertz CT molecular complexity index is 1110. The van der Waals surface area contributed by atoms with Crippen molar-refractivity contribution >= 4 is 29.5 Å². The van der Waals surface area contributed by atoms with E-state index in [1.165, 1.54) is 17.6 Å². The zero-order chi connectivity index (χ0) is 26.1. The van der Waals surface area contributed by atoms with Crippen molar-refractivity contribution in [2.75, 3.05) is 20.3 Å². The Hall–Kier alpha value is -2.15. The molecule has 2 aliphatic carbocycles. The molecule has 2 aliphatic heterocycles. The van der Waals surface area contributed by atoms with E-state index in [1.807, 2.05) is 6.07 Å². The fraction of sp³-hybridized carbons (Fsp3) is 0.600. The van der Waals surface area contributed by atoms with E-state index < -0.39 is 0 Å². The van der Waals surface area contributed by atoms with Crippen LogP contribution in [0.4, 0.5) is 0 Å². The first-order chi connectivity index (χ1) is 17.9. The molecule has 2 saturated heterocycles. The van der Waals surface area contributed by atoms with Crippen molar-refractivity contribution in [3.05, 3.63) is 45.5 Å². The number of aromatic hydroxyl groups is 1. The van der Waals surface area contributed by atoms with Crippen molar-refractivity contribution in [2.45, 2.75) is 76.9 Å². The van der Waals surface area contributed by atoms with Crippen LogP contribution in [0, 0.1) is 17.8 Å². The number of fused-ring (bicyclic) bond motifs is 3. The molecule has 0 radical (unpaired) electrons. The lowest BCUT2D eigenvalue weighted by Crippen LogP contribution is -2.42. The molecule has 0 unspecified atom stereocenters. The number of nitrogens with zero attached hydrogens (tertiary/aromatic N) is 1. The monoisotopic (exact) mass is 527 g/mol. The molecule has 7 heteroatoms. The topological polar surface area (TPSA) is 76.1 Å². The van der Waals surface area contributed by atoms with Gasteiger partial charge in [0.05, 0.1) is 36.2 Å². The number of allylic oxidation sites excluding steroid dienone is 1. The third-order valence-electron chi connectivity index (χ3n) is 8.83. The number of phenols is 1. The number of imide groups is 1. The average molecular weight is 528 g/mol. The van der Waals surface area contributed by atoms with Crippen LogP contribution in [-0.2, 0) is 19.1 Å². The Labute approximate surface area is 224 Å². The maximum atomic E-state index is 13.7. The summed E-state index contributed by atoms with van der Waals surface area (Å²) in [5, 5.41) is 10.2. The van der Waals surface area contributed by atoms with Gasteiger partial charge in [-0.25, -0.2) is 0 Å². The van der Waals surface area contributed by atoms with Crippen molar-refractivity contribution in [2.24, 2.45) is 17.8 Å². The lowest BCUT2D eigenvalue weighted by molar-refractivity contribution is -0.143. The molecule has 0 spiro atoms. The molecule has 6 nitrogen and oxygen atoms in total. The lowest BCUT2D eigenvalue weighted by Gasteiger charge is -2.31. The van der Waals surface area contributed by atoms with Gasteiger partial charge in [0.2, 0.25) is 11.8 Å². The van der Waals surface area contributed by atoms with Gasteiger partial charge in [0, 0.05) is 19.1 Å². The molecule has 3 fully saturated rings. The highest BCUT2D eigenvalue weighted by Crippen LogP contribution is 2.50. The van der Waals surface area contributed by atoms with Crippen LogP contribution in [0.15, 0.2) is 34.9 Å². The second-order valence-corrected chi connectivity index (χ2v) is 11.4. The SMILES string of the molecule is CC/C(=C\c1ccc(O)cc1Cl)CC[C@H]1OC[C@H]2C1=C(COC)C[C@H]1C(=O)N(C3CCCCC3)C(=O)[C@H]12. The van der Waals surface area contributed by atoms with Gasteiger partial charge in [-0.1, -0.05) is 49.4 Å². The van der Waals surface area contributed by atoms with Gasteiger partial charge < -0.3 is 14.6 Å². The van der Waals surface area contributed by atoms with Gasteiger partial charge in [-0.05, 0) is 73.4 Å². The summed E-state index contributed by atoms with van der Waals surface area (Å²) < 4.78 is 11.9. The second kappa shape index (κ2) is 11.3. The highest BCUT2D eigenvalue weighted by Gasteiger charge is 2.58. The van der Waals surface area contributed by atoms with E-state index in [9.17, 15) is 14.7 Å². The van der Waals surface area contributed by atoms with Crippen LogP contribution in [0.25, 0.3) is 6.08 Å². The number of amides is 2. The van der Waals surface area contributed by atoms with Gasteiger partial charge in [0.1, 0.15) is 5.75 Å². The fourth-order valence-corrected chi connectivity index (χ4v) is 7.25. The number of likely N-dealkylation sites (tertiary alicyclic amines) is 1.